The second kappa shape index (κ2) is 3.57. The maximum Gasteiger partial charge on any atom is 0.213 e. The largest absolute Gasteiger partial charge is 0.477 e. The Bertz CT molecular complexity index is 231. The fourth-order valence-corrected chi connectivity index (χ4v) is 1.30. The summed E-state index contributed by atoms with van der Waals surface area (Å²) in [6.07, 6.45) is 5.78. The fourth-order valence-electron chi connectivity index (χ4n) is 1.30. The van der Waals surface area contributed by atoms with Gasteiger partial charge in [0.15, 0.2) is 0 Å². The number of pyridine rings is 1. The highest BCUT2D eigenvalue weighted by atomic mass is 16.5. The summed E-state index contributed by atoms with van der Waals surface area (Å²) in [6, 6.07) is 5.75. The summed E-state index contributed by atoms with van der Waals surface area (Å²) >= 11 is 0. The van der Waals surface area contributed by atoms with E-state index in [-0.39, 0.29) is 0 Å². The quantitative estimate of drug-likeness (QED) is 0.681. The Morgan fingerprint density at radius 1 is 1.42 bits per heavy atom. The molecule has 1 aliphatic rings. The molecule has 0 saturated heterocycles. The molecule has 1 heterocycles. The molecule has 0 radical (unpaired) electrons. The number of hydrogen-bond donors (Lipinski definition) is 0. The van der Waals surface area contributed by atoms with Crippen LogP contribution in [0.5, 0.6) is 5.88 Å². The molecule has 0 aromatic carbocycles. The van der Waals surface area contributed by atoms with E-state index in [1.807, 2.05) is 18.2 Å². The normalized spacial score (nSPS) is 17.0. The number of nitrogens with zero attached hydrogens (tertiary/aromatic N) is 1. The number of hydrogen-bond acceptors (Lipinski definition) is 2. The molecule has 64 valence electrons. The Labute approximate surface area is 72.6 Å². The van der Waals surface area contributed by atoms with Crippen molar-refractivity contribution in [2.24, 2.45) is 5.92 Å². The second-order valence-corrected chi connectivity index (χ2v) is 3.28. The van der Waals surface area contributed by atoms with Crippen molar-refractivity contribution in [3.05, 3.63) is 24.4 Å². The lowest BCUT2D eigenvalue weighted by atomic mass is 9.86. The third-order valence-corrected chi connectivity index (χ3v) is 2.33. The molecule has 1 aromatic heterocycles. The van der Waals surface area contributed by atoms with E-state index in [9.17, 15) is 0 Å². The molecule has 1 fully saturated rings. The molecule has 1 saturated carbocycles. The zero-order valence-corrected chi connectivity index (χ0v) is 7.07. The van der Waals surface area contributed by atoms with Gasteiger partial charge in [-0.25, -0.2) is 4.98 Å². The number of aromatic nitrogens is 1. The maximum atomic E-state index is 5.50. The van der Waals surface area contributed by atoms with Crippen molar-refractivity contribution in [1.29, 1.82) is 0 Å². The average molecular weight is 163 g/mol. The molecule has 2 heteroatoms. The van der Waals surface area contributed by atoms with Crippen molar-refractivity contribution >= 4 is 0 Å². The van der Waals surface area contributed by atoms with Crippen molar-refractivity contribution in [2.75, 3.05) is 6.61 Å². The minimum absolute atomic E-state index is 0.754. The Kier molecular flexibility index (Phi) is 2.26. The van der Waals surface area contributed by atoms with Crippen LogP contribution in [0.3, 0.4) is 0 Å². The molecule has 1 aromatic rings. The predicted molar refractivity (Wildman–Crippen MR) is 47.1 cm³/mol. The maximum absolute atomic E-state index is 5.50. The van der Waals surface area contributed by atoms with E-state index in [1.165, 1.54) is 19.3 Å². The van der Waals surface area contributed by atoms with Crippen molar-refractivity contribution in [2.45, 2.75) is 19.3 Å². The zero-order chi connectivity index (χ0) is 8.23. The molecular weight excluding hydrogens is 150 g/mol. The highest BCUT2D eigenvalue weighted by Crippen LogP contribution is 2.26. The van der Waals surface area contributed by atoms with E-state index >= 15 is 0 Å². The van der Waals surface area contributed by atoms with Gasteiger partial charge in [0.1, 0.15) is 0 Å². The van der Waals surface area contributed by atoms with E-state index in [0.717, 1.165) is 18.4 Å². The van der Waals surface area contributed by atoms with Crippen LogP contribution >= 0.6 is 0 Å². The molecule has 2 rings (SSSR count). The summed E-state index contributed by atoms with van der Waals surface area (Å²) in [5.74, 6) is 1.54. The SMILES string of the molecule is c1ccc(OCC2CCC2)nc1. The first kappa shape index (κ1) is 7.59. The van der Waals surface area contributed by atoms with Gasteiger partial charge in [-0.3, -0.25) is 0 Å². The lowest BCUT2D eigenvalue weighted by Crippen LogP contribution is -2.19. The molecule has 2 nitrogen and oxygen atoms in total. The van der Waals surface area contributed by atoms with Crippen molar-refractivity contribution in [3.8, 4) is 5.88 Å². The Balaban J connectivity index is 1.79. The highest BCUT2D eigenvalue weighted by molar-refractivity contribution is 5.09. The van der Waals surface area contributed by atoms with E-state index in [2.05, 4.69) is 4.98 Å². The molecule has 0 spiro atoms. The molecule has 0 bridgehead atoms. The summed E-state index contributed by atoms with van der Waals surface area (Å²) in [5.41, 5.74) is 0. The summed E-state index contributed by atoms with van der Waals surface area (Å²) in [6.45, 7) is 0.844. The van der Waals surface area contributed by atoms with Crippen LogP contribution in [-0.2, 0) is 0 Å². The monoisotopic (exact) mass is 163 g/mol. The molecule has 1 aliphatic carbocycles. The molecule has 0 N–H and O–H groups in total. The van der Waals surface area contributed by atoms with Crippen molar-refractivity contribution in [1.82, 2.24) is 4.98 Å². The minimum Gasteiger partial charge on any atom is -0.477 e. The second-order valence-electron chi connectivity index (χ2n) is 3.28. The topological polar surface area (TPSA) is 22.1 Å². The van der Waals surface area contributed by atoms with Gasteiger partial charge in [0.2, 0.25) is 5.88 Å². The minimum atomic E-state index is 0.754. The van der Waals surface area contributed by atoms with Gasteiger partial charge in [0.25, 0.3) is 0 Å². The van der Waals surface area contributed by atoms with Gasteiger partial charge in [-0.1, -0.05) is 12.5 Å². The molecule has 0 aliphatic heterocycles. The van der Waals surface area contributed by atoms with E-state index < -0.39 is 0 Å². The third-order valence-electron chi connectivity index (χ3n) is 2.33. The smallest absolute Gasteiger partial charge is 0.213 e. The first-order valence-electron chi connectivity index (χ1n) is 4.49. The van der Waals surface area contributed by atoms with Crippen LogP contribution in [0.1, 0.15) is 19.3 Å². The van der Waals surface area contributed by atoms with Gasteiger partial charge in [-0.15, -0.1) is 0 Å². The van der Waals surface area contributed by atoms with Gasteiger partial charge in [-0.05, 0) is 24.8 Å². The van der Waals surface area contributed by atoms with Crippen LogP contribution in [-0.4, -0.2) is 11.6 Å². The summed E-state index contributed by atoms with van der Waals surface area (Å²) in [5, 5.41) is 0. The molecular formula is C10H13NO. The molecule has 0 atom stereocenters. The first-order valence-corrected chi connectivity index (χ1v) is 4.49. The van der Waals surface area contributed by atoms with Gasteiger partial charge in [0.05, 0.1) is 6.61 Å². The van der Waals surface area contributed by atoms with E-state index in [4.69, 9.17) is 4.74 Å². The highest BCUT2D eigenvalue weighted by Gasteiger charge is 2.17. The summed E-state index contributed by atoms with van der Waals surface area (Å²) in [7, 11) is 0. The van der Waals surface area contributed by atoms with Crippen LogP contribution in [0.2, 0.25) is 0 Å². The van der Waals surface area contributed by atoms with Gasteiger partial charge in [-0.2, -0.15) is 0 Å². The number of ether oxygens (including phenoxy) is 1. The molecule has 0 unspecified atom stereocenters. The van der Waals surface area contributed by atoms with Crippen LogP contribution < -0.4 is 4.74 Å². The third kappa shape index (κ3) is 1.76. The van der Waals surface area contributed by atoms with Crippen LogP contribution in [0, 0.1) is 5.92 Å². The molecule has 0 amide bonds. The standard InChI is InChI=1S/C10H13NO/c1-2-7-11-10(6-1)12-8-9-4-3-5-9/h1-2,6-7,9H,3-5,8H2. The Morgan fingerprint density at radius 2 is 2.33 bits per heavy atom. The summed E-state index contributed by atoms with van der Waals surface area (Å²) < 4.78 is 5.50. The number of rotatable bonds is 3. The van der Waals surface area contributed by atoms with E-state index in [1.54, 1.807) is 6.20 Å². The Morgan fingerprint density at radius 3 is 2.92 bits per heavy atom. The predicted octanol–water partition coefficient (Wildman–Crippen LogP) is 2.26. The van der Waals surface area contributed by atoms with Crippen LogP contribution in [0.4, 0.5) is 0 Å². The first-order chi connectivity index (χ1) is 5.95. The lowest BCUT2D eigenvalue weighted by Gasteiger charge is -2.24. The van der Waals surface area contributed by atoms with Crippen LogP contribution in [0.15, 0.2) is 24.4 Å². The average Bonchev–Trinajstić information content (AvgIpc) is 2.04. The molecule has 12 heavy (non-hydrogen) atoms. The van der Waals surface area contributed by atoms with Gasteiger partial charge in [0, 0.05) is 12.3 Å². The Hall–Kier alpha value is -1.05. The van der Waals surface area contributed by atoms with E-state index in [0.29, 0.717) is 0 Å². The van der Waals surface area contributed by atoms with Crippen molar-refractivity contribution in [3.63, 3.8) is 0 Å². The van der Waals surface area contributed by atoms with Gasteiger partial charge < -0.3 is 4.74 Å². The van der Waals surface area contributed by atoms with Crippen molar-refractivity contribution < 1.29 is 4.74 Å². The summed E-state index contributed by atoms with van der Waals surface area (Å²) in [4.78, 5) is 4.09. The van der Waals surface area contributed by atoms with Gasteiger partial charge >= 0.3 is 0 Å². The lowest BCUT2D eigenvalue weighted by molar-refractivity contribution is 0.175. The zero-order valence-electron chi connectivity index (χ0n) is 7.07. The van der Waals surface area contributed by atoms with Crippen LogP contribution in [0.25, 0.3) is 0 Å². The fraction of sp³-hybridized carbons (Fsp3) is 0.500.